The van der Waals surface area contributed by atoms with Gasteiger partial charge in [0.1, 0.15) is 11.5 Å². The zero-order valence-corrected chi connectivity index (χ0v) is 11.6. The van der Waals surface area contributed by atoms with Crippen molar-refractivity contribution in [2.24, 2.45) is 0 Å². The normalized spacial score (nSPS) is 10.2. The van der Waals surface area contributed by atoms with Crippen molar-refractivity contribution in [3.63, 3.8) is 0 Å². The van der Waals surface area contributed by atoms with Gasteiger partial charge in [0.05, 0.1) is 18.1 Å². The number of nitrogens with zero attached hydrogens (tertiary/aromatic N) is 1. The van der Waals surface area contributed by atoms with Crippen LogP contribution in [0.3, 0.4) is 0 Å². The molecule has 2 rings (SSSR count). The number of nitro benzene ring substituents is 1. The van der Waals surface area contributed by atoms with Crippen molar-refractivity contribution in [1.82, 2.24) is 0 Å². The minimum absolute atomic E-state index is 0.0191. The number of aromatic hydroxyl groups is 1. The maximum atomic E-state index is 10.8. The summed E-state index contributed by atoms with van der Waals surface area (Å²) in [7, 11) is 1.48. The summed E-state index contributed by atoms with van der Waals surface area (Å²) in [6.45, 7) is 0. The zero-order valence-electron chi connectivity index (χ0n) is 10.8. The average Bonchev–Trinajstić information content (AvgIpc) is 2.46. The molecule has 2 aromatic carbocycles. The molecule has 20 heavy (non-hydrogen) atoms. The van der Waals surface area contributed by atoms with Gasteiger partial charge in [0.2, 0.25) is 0 Å². The third-order valence-corrected chi connectivity index (χ3v) is 3.72. The topological polar surface area (TPSA) is 72.6 Å². The van der Waals surface area contributed by atoms with Gasteiger partial charge in [-0.05, 0) is 35.9 Å². The molecule has 0 spiro atoms. The number of benzene rings is 2. The lowest BCUT2D eigenvalue weighted by Crippen LogP contribution is -1.93. The van der Waals surface area contributed by atoms with Crippen LogP contribution in [0.5, 0.6) is 11.5 Å². The number of rotatable bonds is 5. The number of phenols is 1. The van der Waals surface area contributed by atoms with Crippen molar-refractivity contribution in [2.45, 2.75) is 10.6 Å². The monoisotopic (exact) mass is 291 g/mol. The summed E-state index contributed by atoms with van der Waals surface area (Å²) in [4.78, 5) is 11.4. The molecule has 0 amide bonds. The molecule has 0 bridgehead atoms. The van der Waals surface area contributed by atoms with Gasteiger partial charge in [0.25, 0.3) is 5.69 Å². The van der Waals surface area contributed by atoms with E-state index in [4.69, 9.17) is 4.74 Å². The number of thioether (sulfide) groups is 1. The maximum Gasteiger partial charge on any atom is 0.273 e. The Morgan fingerprint density at radius 3 is 2.55 bits per heavy atom. The average molecular weight is 291 g/mol. The Morgan fingerprint density at radius 2 is 1.95 bits per heavy atom. The highest BCUT2D eigenvalue weighted by Crippen LogP contribution is 2.29. The lowest BCUT2D eigenvalue weighted by atomic mass is 10.2. The Kier molecular flexibility index (Phi) is 4.47. The van der Waals surface area contributed by atoms with Crippen LogP contribution in [0.25, 0.3) is 0 Å². The summed E-state index contributed by atoms with van der Waals surface area (Å²) in [5.41, 5.74) is 0.833. The van der Waals surface area contributed by atoms with E-state index in [1.54, 1.807) is 30.3 Å². The van der Waals surface area contributed by atoms with E-state index in [9.17, 15) is 15.2 Å². The van der Waals surface area contributed by atoms with E-state index in [1.807, 2.05) is 0 Å². The van der Waals surface area contributed by atoms with Crippen LogP contribution in [0.4, 0.5) is 5.69 Å². The number of ether oxygens (including phenoxy) is 1. The van der Waals surface area contributed by atoms with Crippen molar-refractivity contribution in [3.05, 3.63) is 58.1 Å². The van der Waals surface area contributed by atoms with Crippen molar-refractivity contribution < 1.29 is 14.8 Å². The van der Waals surface area contributed by atoms with E-state index in [-0.39, 0.29) is 11.4 Å². The first-order valence-electron chi connectivity index (χ1n) is 5.82. The Morgan fingerprint density at radius 1 is 1.25 bits per heavy atom. The first-order valence-corrected chi connectivity index (χ1v) is 6.81. The van der Waals surface area contributed by atoms with Gasteiger partial charge < -0.3 is 9.84 Å². The van der Waals surface area contributed by atoms with Crippen LogP contribution in [-0.4, -0.2) is 17.1 Å². The fourth-order valence-corrected chi connectivity index (χ4v) is 2.49. The molecule has 0 aliphatic carbocycles. The first kappa shape index (κ1) is 14.2. The van der Waals surface area contributed by atoms with Crippen LogP contribution in [-0.2, 0) is 5.75 Å². The minimum Gasteiger partial charge on any atom is -0.508 e. The third kappa shape index (κ3) is 3.64. The van der Waals surface area contributed by atoms with Gasteiger partial charge in [0, 0.05) is 16.7 Å². The first-order chi connectivity index (χ1) is 9.58. The third-order valence-electron chi connectivity index (χ3n) is 2.64. The smallest absolute Gasteiger partial charge is 0.273 e. The molecular formula is C14H13NO4S. The van der Waals surface area contributed by atoms with E-state index in [0.717, 1.165) is 10.5 Å². The van der Waals surface area contributed by atoms with E-state index in [0.29, 0.717) is 11.5 Å². The fraction of sp³-hybridized carbons (Fsp3) is 0.143. The Labute approximate surface area is 120 Å². The standard InChI is InChI=1S/C14H13NO4S/c1-19-13-7-10(6-11(8-13)15(17)18)9-20-14-4-2-12(16)3-5-14/h2-8,16H,9H2,1H3. The molecule has 0 aliphatic heterocycles. The highest BCUT2D eigenvalue weighted by atomic mass is 32.2. The molecule has 0 unspecified atom stereocenters. The summed E-state index contributed by atoms with van der Waals surface area (Å²) in [5.74, 6) is 1.27. The highest BCUT2D eigenvalue weighted by Gasteiger charge is 2.10. The quantitative estimate of drug-likeness (QED) is 0.517. The van der Waals surface area contributed by atoms with Gasteiger partial charge in [0.15, 0.2) is 0 Å². The second-order valence-electron chi connectivity index (χ2n) is 4.08. The summed E-state index contributed by atoms with van der Waals surface area (Å²) >= 11 is 1.53. The Balaban J connectivity index is 2.14. The van der Waals surface area contributed by atoms with Gasteiger partial charge in [-0.25, -0.2) is 0 Å². The lowest BCUT2D eigenvalue weighted by molar-refractivity contribution is -0.385. The van der Waals surface area contributed by atoms with Gasteiger partial charge in [-0.3, -0.25) is 10.1 Å². The molecule has 0 fully saturated rings. The van der Waals surface area contributed by atoms with Crippen LogP contribution >= 0.6 is 11.8 Å². The van der Waals surface area contributed by atoms with Crippen molar-refractivity contribution in [3.8, 4) is 11.5 Å². The fourth-order valence-electron chi connectivity index (χ4n) is 1.66. The van der Waals surface area contributed by atoms with Crippen LogP contribution in [0.1, 0.15) is 5.56 Å². The predicted molar refractivity (Wildman–Crippen MR) is 77.3 cm³/mol. The van der Waals surface area contributed by atoms with Crippen molar-refractivity contribution >= 4 is 17.4 Å². The molecule has 0 atom stereocenters. The van der Waals surface area contributed by atoms with Crippen LogP contribution < -0.4 is 4.74 Å². The van der Waals surface area contributed by atoms with Crippen LogP contribution in [0.2, 0.25) is 0 Å². The van der Waals surface area contributed by atoms with Gasteiger partial charge in [-0.2, -0.15) is 0 Å². The van der Waals surface area contributed by atoms with E-state index in [1.165, 1.54) is 31.0 Å². The number of non-ortho nitro benzene ring substituents is 1. The molecule has 104 valence electrons. The number of phenolic OH excluding ortho intramolecular Hbond substituents is 1. The molecule has 5 nitrogen and oxygen atoms in total. The van der Waals surface area contributed by atoms with Gasteiger partial charge in [-0.1, -0.05) is 0 Å². The minimum atomic E-state index is -0.433. The second-order valence-corrected chi connectivity index (χ2v) is 5.13. The van der Waals surface area contributed by atoms with E-state index in [2.05, 4.69) is 0 Å². The highest BCUT2D eigenvalue weighted by molar-refractivity contribution is 7.98. The molecule has 0 aromatic heterocycles. The molecule has 0 aliphatic rings. The zero-order chi connectivity index (χ0) is 14.5. The molecule has 0 heterocycles. The molecule has 1 N–H and O–H groups in total. The molecule has 6 heteroatoms. The number of hydrogen-bond acceptors (Lipinski definition) is 5. The summed E-state index contributed by atoms with van der Waals surface area (Å²) in [6.07, 6.45) is 0. The van der Waals surface area contributed by atoms with Crippen molar-refractivity contribution in [1.29, 1.82) is 0 Å². The van der Waals surface area contributed by atoms with Crippen molar-refractivity contribution in [2.75, 3.05) is 7.11 Å². The predicted octanol–water partition coefficient (Wildman–Crippen LogP) is 3.60. The van der Waals surface area contributed by atoms with E-state index >= 15 is 0 Å². The number of hydrogen-bond donors (Lipinski definition) is 1. The summed E-state index contributed by atoms with van der Waals surface area (Å²) < 4.78 is 5.07. The van der Waals surface area contributed by atoms with Crippen LogP contribution in [0, 0.1) is 10.1 Å². The SMILES string of the molecule is COc1cc(CSc2ccc(O)cc2)cc([N+](=O)[O-])c1. The molecule has 0 saturated carbocycles. The molecule has 0 saturated heterocycles. The lowest BCUT2D eigenvalue weighted by Gasteiger charge is -2.05. The van der Waals surface area contributed by atoms with E-state index < -0.39 is 4.92 Å². The van der Waals surface area contributed by atoms with Gasteiger partial charge >= 0.3 is 0 Å². The molecule has 2 aromatic rings. The summed E-state index contributed by atoms with van der Waals surface area (Å²) in [6, 6.07) is 11.5. The molecular weight excluding hydrogens is 278 g/mol. The van der Waals surface area contributed by atoms with Crippen LogP contribution in [0.15, 0.2) is 47.4 Å². The number of nitro groups is 1. The van der Waals surface area contributed by atoms with Gasteiger partial charge in [-0.15, -0.1) is 11.8 Å². The molecule has 0 radical (unpaired) electrons. The number of methoxy groups -OCH3 is 1. The Bertz CT molecular complexity index is 613. The second kappa shape index (κ2) is 6.29. The Hall–Kier alpha value is -2.21. The largest absolute Gasteiger partial charge is 0.508 e. The summed E-state index contributed by atoms with van der Waals surface area (Å²) in [5, 5.41) is 20.1. The maximum absolute atomic E-state index is 10.8.